The number of carbonyl (C=O) groups is 2. The molecule has 4 aromatic heterocycles. The molecule has 0 radical (unpaired) electrons. The van der Waals surface area contributed by atoms with E-state index in [1.807, 2.05) is 19.4 Å². The van der Waals surface area contributed by atoms with Crippen molar-refractivity contribution >= 4 is 33.7 Å². The van der Waals surface area contributed by atoms with Gasteiger partial charge in [-0.05, 0) is 13.0 Å². The summed E-state index contributed by atoms with van der Waals surface area (Å²) in [5, 5.41) is 13.8. The molecule has 9 nitrogen and oxygen atoms in total. The third kappa shape index (κ3) is 3.14. The predicted octanol–water partition coefficient (Wildman–Crippen LogP) is 2.11. The van der Waals surface area contributed by atoms with Gasteiger partial charge in [0.2, 0.25) is 0 Å². The van der Waals surface area contributed by atoms with Crippen LogP contribution in [0.3, 0.4) is 0 Å². The second-order valence-corrected chi connectivity index (χ2v) is 7.23. The van der Waals surface area contributed by atoms with Gasteiger partial charge in [-0.3, -0.25) is 19.3 Å². The smallest absolute Gasteiger partial charge is 0.260 e. The Bertz CT molecular complexity index is 1200. The molecule has 0 spiro atoms. The van der Waals surface area contributed by atoms with E-state index in [0.29, 0.717) is 22.5 Å². The number of aromatic nitrogens is 5. The van der Waals surface area contributed by atoms with Crippen LogP contribution in [-0.2, 0) is 7.05 Å². The predicted molar refractivity (Wildman–Crippen MR) is 106 cm³/mol. The number of nitrogens with zero attached hydrogens (tertiary/aromatic N) is 5. The normalized spacial score (nSPS) is 11.0. The zero-order valence-corrected chi connectivity index (χ0v) is 16.2. The van der Waals surface area contributed by atoms with Crippen LogP contribution in [0.15, 0.2) is 37.1 Å². The number of hydrogen-bond donors (Lipinski definition) is 2. The Balaban J connectivity index is 1.64. The maximum atomic E-state index is 12.8. The molecule has 0 saturated heterocycles. The minimum Gasteiger partial charge on any atom is -0.355 e. The Kier molecular flexibility index (Phi) is 4.40. The van der Waals surface area contributed by atoms with Crippen LogP contribution in [0.5, 0.6) is 0 Å². The average molecular weight is 395 g/mol. The van der Waals surface area contributed by atoms with Gasteiger partial charge in [-0.25, -0.2) is 4.52 Å². The highest BCUT2D eigenvalue weighted by Crippen LogP contribution is 2.30. The van der Waals surface area contributed by atoms with Crippen molar-refractivity contribution in [3.63, 3.8) is 0 Å². The summed E-state index contributed by atoms with van der Waals surface area (Å²) in [6, 6.07) is 1.61. The van der Waals surface area contributed by atoms with E-state index in [1.54, 1.807) is 35.4 Å². The molecular weight excluding hydrogens is 378 g/mol. The molecule has 0 aromatic carbocycles. The zero-order chi connectivity index (χ0) is 19.8. The van der Waals surface area contributed by atoms with Crippen LogP contribution in [-0.4, -0.2) is 43.2 Å². The number of carbonyl (C=O) groups excluding carboxylic acids is 2. The maximum absolute atomic E-state index is 12.8. The Labute approximate surface area is 164 Å². The molecule has 28 heavy (non-hydrogen) atoms. The van der Waals surface area contributed by atoms with Crippen molar-refractivity contribution in [1.29, 1.82) is 0 Å². The van der Waals surface area contributed by atoms with Gasteiger partial charge in [0.25, 0.3) is 11.8 Å². The van der Waals surface area contributed by atoms with Gasteiger partial charge in [-0.2, -0.15) is 10.2 Å². The summed E-state index contributed by atoms with van der Waals surface area (Å²) in [5.74, 6) is -0.580. The number of hydrogen-bond acceptors (Lipinski definition) is 6. The standard InChI is InChI=1S/C18H17N7O2S/c1-10-14(4-11(5-20-10)16(26)19-2)23-17(27)13-7-22-25-9-15(28-18(13)25)12-6-21-24(3)8-12/h4-9H,1-3H3,(H,19,26)(H,23,27). The third-order valence-electron chi connectivity index (χ3n) is 4.25. The van der Waals surface area contributed by atoms with E-state index in [2.05, 4.69) is 25.8 Å². The van der Waals surface area contributed by atoms with Crippen LogP contribution < -0.4 is 10.6 Å². The molecule has 0 bridgehead atoms. The number of pyridine rings is 1. The highest BCUT2D eigenvalue weighted by atomic mass is 32.1. The number of aryl methyl sites for hydroxylation is 2. The first-order chi connectivity index (χ1) is 13.5. The Morgan fingerprint density at radius 2 is 1.93 bits per heavy atom. The Morgan fingerprint density at radius 3 is 2.64 bits per heavy atom. The molecule has 2 amide bonds. The van der Waals surface area contributed by atoms with E-state index in [1.165, 1.54) is 23.7 Å². The van der Waals surface area contributed by atoms with Crippen LogP contribution >= 0.6 is 11.3 Å². The van der Waals surface area contributed by atoms with Gasteiger partial charge in [0.05, 0.1) is 39.8 Å². The number of thiazole rings is 1. The summed E-state index contributed by atoms with van der Waals surface area (Å²) >= 11 is 1.46. The van der Waals surface area contributed by atoms with Gasteiger partial charge in [0, 0.05) is 38.2 Å². The van der Waals surface area contributed by atoms with Crippen LogP contribution in [0.4, 0.5) is 5.69 Å². The van der Waals surface area contributed by atoms with Gasteiger partial charge >= 0.3 is 0 Å². The lowest BCUT2D eigenvalue weighted by Crippen LogP contribution is -2.19. The molecule has 0 unspecified atom stereocenters. The summed E-state index contributed by atoms with van der Waals surface area (Å²) in [4.78, 5) is 30.5. The van der Waals surface area contributed by atoms with Gasteiger partial charge < -0.3 is 10.6 Å². The summed E-state index contributed by atoms with van der Waals surface area (Å²) in [6.45, 7) is 1.77. The summed E-state index contributed by atoms with van der Waals surface area (Å²) in [7, 11) is 3.39. The number of nitrogens with one attached hydrogen (secondary N) is 2. The van der Waals surface area contributed by atoms with Crippen molar-refractivity contribution in [2.75, 3.05) is 12.4 Å². The minimum absolute atomic E-state index is 0.268. The molecule has 0 atom stereocenters. The second kappa shape index (κ2) is 6.89. The molecule has 10 heteroatoms. The molecule has 4 rings (SSSR count). The van der Waals surface area contributed by atoms with Gasteiger partial charge in [-0.1, -0.05) is 0 Å². The Hall–Kier alpha value is -3.53. The van der Waals surface area contributed by atoms with Crippen LogP contribution in [0.1, 0.15) is 26.4 Å². The SMILES string of the molecule is CNC(=O)c1cnc(C)c(NC(=O)c2cnn3cc(-c4cnn(C)c4)sc23)c1. The molecule has 0 fully saturated rings. The van der Waals surface area contributed by atoms with Crippen LogP contribution in [0.25, 0.3) is 15.3 Å². The average Bonchev–Trinajstić information content (AvgIpc) is 3.37. The first-order valence-corrected chi connectivity index (χ1v) is 9.24. The Morgan fingerprint density at radius 1 is 1.11 bits per heavy atom. The minimum atomic E-state index is -0.312. The molecule has 142 valence electrons. The summed E-state index contributed by atoms with van der Waals surface area (Å²) in [5.41, 5.74) is 2.88. The number of fused-ring (bicyclic) bond motifs is 1. The van der Waals surface area contributed by atoms with Gasteiger partial charge in [-0.15, -0.1) is 11.3 Å². The molecule has 4 heterocycles. The highest BCUT2D eigenvalue weighted by molar-refractivity contribution is 7.21. The van der Waals surface area contributed by atoms with E-state index >= 15 is 0 Å². The fraction of sp³-hybridized carbons (Fsp3) is 0.167. The molecule has 0 aliphatic heterocycles. The zero-order valence-electron chi connectivity index (χ0n) is 15.4. The lowest BCUT2D eigenvalue weighted by Gasteiger charge is -2.08. The van der Waals surface area contributed by atoms with Crippen molar-refractivity contribution in [1.82, 2.24) is 29.7 Å². The molecule has 0 saturated carbocycles. The van der Waals surface area contributed by atoms with E-state index in [-0.39, 0.29) is 11.8 Å². The van der Waals surface area contributed by atoms with Crippen molar-refractivity contribution in [2.24, 2.45) is 7.05 Å². The van der Waals surface area contributed by atoms with E-state index in [4.69, 9.17) is 0 Å². The van der Waals surface area contributed by atoms with Crippen LogP contribution in [0, 0.1) is 6.92 Å². The van der Waals surface area contributed by atoms with E-state index in [0.717, 1.165) is 15.3 Å². The topological polar surface area (TPSA) is 106 Å². The first-order valence-electron chi connectivity index (χ1n) is 8.42. The lowest BCUT2D eigenvalue weighted by atomic mass is 10.2. The fourth-order valence-electron chi connectivity index (χ4n) is 2.74. The largest absolute Gasteiger partial charge is 0.355 e. The summed E-state index contributed by atoms with van der Waals surface area (Å²) < 4.78 is 3.40. The van der Waals surface area contributed by atoms with Crippen LogP contribution in [0.2, 0.25) is 0 Å². The quantitative estimate of drug-likeness (QED) is 0.550. The number of rotatable bonds is 4. The number of anilines is 1. The molecule has 4 aromatic rings. The van der Waals surface area contributed by atoms with Gasteiger partial charge in [0.15, 0.2) is 0 Å². The first kappa shape index (κ1) is 17.9. The van der Waals surface area contributed by atoms with E-state index in [9.17, 15) is 9.59 Å². The highest BCUT2D eigenvalue weighted by Gasteiger charge is 2.18. The van der Waals surface area contributed by atoms with Gasteiger partial charge in [0.1, 0.15) is 4.83 Å². The van der Waals surface area contributed by atoms with Crippen molar-refractivity contribution < 1.29 is 9.59 Å². The second-order valence-electron chi connectivity index (χ2n) is 6.20. The maximum Gasteiger partial charge on any atom is 0.260 e. The van der Waals surface area contributed by atoms with E-state index < -0.39 is 0 Å². The third-order valence-corrected chi connectivity index (χ3v) is 5.42. The molecule has 2 N–H and O–H groups in total. The molecule has 0 aliphatic rings. The van der Waals surface area contributed by atoms with Crippen molar-refractivity contribution in [3.05, 3.63) is 53.9 Å². The molecular formula is C18H17N7O2S. The fourth-order valence-corrected chi connectivity index (χ4v) is 3.77. The number of amides is 2. The molecule has 0 aliphatic carbocycles. The lowest BCUT2D eigenvalue weighted by molar-refractivity contribution is 0.0961. The van der Waals surface area contributed by atoms with Crippen molar-refractivity contribution in [2.45, 2.75) is 6.92 Å². The van der Waals surface area contributed by atoms with Crippen molar-refractivity contribution in [3.8, 4) is 10.4 Å². The summed E-state index contributed by atoms with van der Waals surface area (Å²) in [6.07, 6.45) is 8.54. The monoisotopic (exact) mass is 395 g/mol.